The largest absolute Gasteiger partial charge is 0.544 e. The highest BCUT2D eigenvalue weighted by Crippen LogP contribution is 2.12. The van der Waals surface area contributed by atoms with E-state index in [1.54, 1.807) is 21.1 Å². The molecule has 2 unspecified atom stereocenters. The second-order valence-corrected chi connectivity index (χ2v) is 15.9. The van der Waals surface area contributed by atoms with Crippen molar-refractivity contribution in [3.05, 3.63) is 48.6 Å². The number of carbonyl (C=O) groups excluding carboxylic acids is 3. The van der Waals surface area contributed by atoms with Crippen molar-refractivity contribution in [3.8, 4) is 0 Å². The zero-order valence-electron chi connectivity index (χ0n) is 36.1. The van der Waals surface area contributed by atoms with Crippen molar-refractivity contribution < 1.29 is 38.2 Å². The Kier molecular flexibility index (Phi) is 36.3. The van der Waals surface area contributed by atoms with Crippen LogP contribution in [0.1, 0.15) is 181 Å². The first-order valence-corrected chi connectivity index (χ1v) is 22.2. The van der Waals surface area contributed by atoms with E-state index in [4.69, 9.17) is 14.2 Å². The molecular weight excluding hydrogens is 691 g/mol. The van der Waals surface area contributed by atoms with Crippen LogP contribution in [0.3, 0.4) is 0 Å². The Balaban J connectivity index is 4.46. The third-order valence-electron chi connectivity index (χ3n) is 9.69. The molecule has 8 nitrogen and oxygen atoms in total. The minimum atomic E-state index is -1.14. The van der Waals surface area contributed by atoms with Crippen LogP contribution in [0.4, 0.5) is 0 Å². The number of aliphatic carboxylic acids is 1. The van der Waals surface area contributed by atoms with Crippen LogP contribution < -0.4 is 5.11 Å². The number of carboxylic acids is 1. The summed E-state index contributed by atoms with van der Waals surface area (Å²) in [6.45, 7) is 4.58. The predicted octanol–water partition coefficient (Wildman–Crippen LogP) is 10.7. The molecule has 0 rings (SSSR count). The lowest BCUT2D eigenvalue weighted by Gasteiger charge is -2.34. The van der Waals surface area contributed by atoms with Crippen molar-refractivity contribution in [2.75, 3.05) is 41.0 Å². The second-order valence-electron chi connectivity index (χ2n) is 15.9. The summed E-state index contributed by atoms with van der Waals surface area (Å²) < 4.78 is 17.1. The summed E-state index contributed by atoms with van der Waals surface area (Å²) in [4.78, 5) is 36.8. The van der Waals surface area contributed by atoms with Crippen LogP contribution in [0, 0.1) is 0 Å². The number of hydrogen-bond acceptors (Lipinski definition) is 7. The summed E-state index contributed by atoms with van der Waals surface area (Å²) in [5, 5.41) is 11.6. The van der Waals surface area contributed by atoms with Gasteiger partial charge in [-0.2, -0.15) is 0 Å². The highest BCUT2D eigenvalue weighted by atomic mass is 16.6. The topological polar surface area (TPSA) is 102 Å². The second kappa shape index (κ2) is 38.2. The molecule has 0 heterocycles. The van der Waals surface area contributed by atoms with Crippen LogP contribution in [0.25, 0.3) is 0 Å². The van der Waals surface area contributed by atoms with Gasteiger partial charge in [-0.1, -0.05) is 140 Å². The summed E-state index contributed by atoms with van der Waals surface area (Å²) in [6, 6.07) is -0.737. The van der Waals surface area contributed by atoms with E-state index < -0.39 is 18.1 Å². The third-order valence-corrected chi connectivity index (χ3v) is 9.69. The molecule has 0 saturated carbocycles. The Labute approximate surface area is 337 Å². The van der Waals surface area contributed by atoms with E-state index in [1.165, 1.54) is 89.9 Å². The molecule has 8 heteroatoms. The lowest BCUT2D eigenvalue weighted by atomic mass is 10.1. The average molecular weight is 774 g/mol. The maximum absolute atomic E-state index is 12.7. The summed E-state index contributed by atoms with van der Waals surface area (Å²) in [7, 11) is 5.38. The van der Waals surface area contributed by atoms with Gasteiger partial charge < -0.3 is 28.6 Å². The van der Waals surface area contributed by atoms with Crippen molar-refractivity contribution in [1.29, 1.82) is 0 Å². The van der Waals surface area contributed by atoms with Crippen molar-refractivity contribution in [2.45, 2.75) is 193 Å². The molecule has 0 aliphatic heterocycles. The van der Waals surface area contributed by atoms with E-state index >= 15 is 0 Å². The number of ether oxygens (including phenoxy) is 3. The van der Waals surface area contributed by atoms with Gasteiger partial charge in [-0.3, -0.25) is 9.59 Å². The van der Waals surface area contributed by atoms with Crippen LogP contribution in [-0.2, 0) is 28.6 Å². The lowest BCUT2D eigenvalue weighted by molar-refractivity contribution is -0.889. The molecule has 0 aromatic carbocycles. The molecule has 0 saturated heterocycles. The van der Waals surface area contributed by atoms with Gasteiger partial charge in [-0.15, -0.1) is 0 Å². The van der Waals surface area contributed by atoms with Crippen molar-refractivity contribution in [1.82, 2.24) is 0 Å². The molecule has 0 aromatic rings. The first-order valence-electron chi connectivity index (χ1n) is 22.2. The molecule has 0 aromatic heterocycles. The van der Waals surface area contributed by atoms with E-state index in [-0.39, 0.29) is 49.1 Å². The molecule has 0 N–H and O–H groups in total. The SMILES string of the molecule is CCCCCCCC/C=C/C/C=C/C/C=C/CCCC(=O)OC(COCCC(C(=O)[O-])[N+](C)(C)C)COC(=O)CCCCC/C=C/CCCCCCCCC. The Bertz CT molecular complexity index is 1040. The smallest absolute Gasteiger partial charge is 0.306 e. The van der Waals surface area contributed by atoms with Crippen LogP contribution in [-0.4, -0.2) is 75.5 Å². The fourth-order valence-electron chi connectivity index (χ4n) is 6.20. The molecule has 0 aliphatic rings. The molecule has 318 valence electrons. The van der Waals surface area contributed by atoms with E-state index in [2.05, 4.69) is 62.5 Å². The van der Waals surface area contributed by atoms with Gasteiger partial charge in [0.2, 0.25) is 0 Å². The zero-order chi connectivity index (χ0) is 40.7. The lowest BCUT2D eigenvalue weighted by Crippen LogP contribution is -2.55. The van der Waals surface area contributed by atoms with Gasteiger partial charge >= 0.3 is 11.9 Å². The number of rotatable bonds is 39. The number of carbonyl (C=O) groups is 3. The van der Waals surface area contributed by atoms with Gasteiger partial charge in [-0.25, -0.2) is 0 Å². The fourth-order valence-corrected chi connectivity index (χ4v) is 6.20. The van der Waals surface area contributed by atoms with E-state index in [0.717, 1.165) is 51.4 Å². The summed E-state index contributed by atoms with van der Waals surface area (Å²) >= 11 is 0. The summed E-state index contributed by atoms with van der Waals surface area (Å²) in [5.74, 6) is -1.82. The number of carboxylic acid groups (broad SMARTS) is 1. The molecule has 55 heavy (non-hydrogen) atoms. The molecule has 0 spiro atoms. The summed E-state index contributed by atoms with van der Waals surface area (Å²) in [6.07, 6.45) is 44.3. The Hall–Kier alpha value is -2.71. The Morgan fingerprint density at radius 1 is 0.545 bits per heavy atom. The maximum Gasteiger partial charge on any atom is 0.306 e. The Morgan fingerprint density at radius 3 is 1.49 bits per heavy atom. The number of esters is 2. The number of unbranched alkanes of at least 4 members (excludes halogenated alkanes) is 17. The predicted molar refractivity (Wildman–Crippen MR) is 226 cm³/mol. The van der Waals surface area contributed by atoms with Crippen LogP contribution >= 0.6 is 0 Å². The molecule has 2 atom stereocenters. The van der Waals surface area contributed by atoms with E-state index in [9.17, 15) is 19.5 Å². The van der Waals surface area contributed by atoms with Gasteiger partial charge in [0.05, 0.1) is 40.3 Å². The number of allylic oxidation sites excluding steroid dienone is 8. The molecule has 0 radical (unpaired) electrons. The number of quaternary nitrogens is 1. The number of likely N-dealkylation sites (N-methyl/N-ethyl adjacent to an activating group) is 1. The number of hydrogen-bond donors (Lipinski definition) is 0. The maximum atomic E-state index is 12.7. The fraction of sp³-hybridized carbons (Fsp3) is 0.766. The molecular formula is C47H83NO7. The van der Waals surface area contributed by atoms with Gasteiger partial charge in [0, 0.05) is 19.3 Å². The van der Waals surface area contributed by atoms with Crippen molar-refractivity contribution >= 4 is 17.9 Å². The average Bonchev–Trinajstić information content (AvgIpc) is 3.14. The van der Waals surface area contributed by atoms with Gasteiger partial charge in [-0.05, 0) is 70.6 Å². The molecule has 0 fully saturated rings. The summed E-state index contributed by atoms with van der Waals surface area (Å²) in [5.41, 5.74) is 0. The minimum absolute atomic E-state index is 0.0155. The molecule has 0 aliphatic carbocycles. The van der Waals surface area contributed by atoms with Crippen LogP contribution in [0.2, 0.25) is 0 Å². The van der Waals surface area contributed by atoms with Gasteiger partial charge in [0.1, 0.15) is 12.6 Å². The first kappa shape index (κ1) is 52.3. The highest BCUT2D eigenvalue weighted by molar-refractivity contribution is 5.70. The van der Waals surface area contributed by atoms with Crippen LogP contribution in [0.5, 0.6) is 0 Å². The van der Waals surface area contributed by atoms with E-state index in [0.29, 0.717) is 12.8 Å². The van der Waals surface area contributed by atoms with Crippen LogP contribution in [0.15, 0.2) is 48.6 Å². The zero-order valence-corrected chi connectivity index (χ0v) is 36.1. The Morgan fingerprint density at radius 2 is 0.982 bits per heavy atom. The standard InChI is InChI=1S/C47H83NO7/c1-6-8-10-12-14-16-18-20-22-23-24-26-28-30-32-34-36-38-46(50)55-43(41-53-40-39-44(47(51)52)48(3,4)5)42-54-45(49)37-35-33-31-29-27-25-21-19-17-15-13-11-9-7-2/h20,22,24-27,30,32,43-44H,6-19,21,23,28-29,31,33-42H2,1-5H3/b22-20+,26-24+,27-25+,32-30+. The quantitative estimate of drug-likeness (QED) is 0.0265. The van der Waals surface area contributed by atoms with E-state index in [1.807, 2.05) is 0 Å². The molecule has 0 amide bonds. The van der Waals surface area contributed by atoms with Crippen molar-refractivity contribution in [3.63, 3.8) is 0 Å². The van der Waals surface area contributed by atoms with Gasteiger partial charge in [0.15, 0.2) is 6.10 Å². The third kappa shape index (κ3) is 36.7. The highest BCUT2D eigenvalue weighted by Gasteiger charge is 2.25. The monoisotopic (exact) mass is 774 g/mol. The number of nitrogens with zero attached hydrogens (tertiary/aromatic N) is 1. The first-order chi connectivity index (χ1) is 26.6. The van der Waals surface area contributed by atoms with Gasteiger partial charge in [0.25, 0.3) is 0 Å². The normalized spacial score (nSPS) is 13.4. The molecule has 0 bridgehead atoms. The van der Waals surface area contributed by atoms with Crippen molar-refractivity contribution in [2.24, 2.45) is 0 Å². The minimum Gasteiger partial charge on any atom is -0.544 e.